The van der Waals surface area contributed by atoms with Crippen LogP contribution < -0.4 is 0 Å². The summed E-state index contributed by atoms with van der Waals surface area (Å²) in [5, 5.41) is 1.32. The van der Waals surface area contributed by atoms with Crippen molar-refractivity contribution in [2.45, 2.75) is 89.7 Å². The van der Waals surface area contributed by atoms with Crippen molar-refractivity contribution in [2.75, 3.05) is 0 Å². The van der Waals surface area contributed by atoms with Gasteiger partial charge in [-0.15, -0.1) is 0 Å². The lowest BCUT2D eigenvalue weighted by atomic mass is 9.77. The summed E-state index contributed by atoms with van der Waals surface area (Å²) in [5.74, 6) is 0. The van der Waals surface area contributed by atoms with Crippen LogP contribution in [0.15, 0.2) is 169 Å². The zero-order valence-electron chi connectivity index (χ0n) is 44.2. The fourth-order valence-electron chi connectivity index (χ4n) is 8.99. The lowest BCUT2D eigenvalue weighted by Crippen LogP contribution is -2.23. The van der Waals surface area contributed by atoms with Crippen LogP contribution in [-0.4, -0.2) is 15.0 Å². The minimum absolute atomic E-state index is 0.0272. The highest BCUT2D eigenvalue weighted by molar-refractivity contribution is 6.13. The predicted molar refractivity (Wildman–Crippen MR) is 260 cm³/mol. The fraction of sp³-hybridized carbons (Fsp3) is 0.237. The van der Waals surface area contributed by atoms with Crippen LogP contribution >= 0.6 is 0 Å². The molecule has 10 rings (SSSR count). The number of nitrogens with zero attached hydrogens (tertiary/aromatic N) is 3. The maximum atomic E-state index is 9.71. The smallest absolute Gasteiger partial charge is 0.138 e. The van der Waals surface area contributed by atoms with Gasteiger partial charge in [-0.1, -0.05) is 149 Å². The molecule has 4 nitrogen and oxygen atoms in total. The monoisotopic (exact) mass is 829 g/mol. The standard InChI is InChI=1S/C59H55N3O/c1-58(2,47-26-30-52(61-38-47)45-15-7-5-8-16-45)35-42-32-41(33-43(34-42)36-59(3,4)48-27-31-53(62-39-48)46-17-9-6-10-18-46)23-22-40-24-29-54(60-37-40)50-20-13-21-55-56(50)51-28-25-44-14-11-12-19-49(44)57(51)63-55/h5-10,13,15-18,20-21,24-34,37-39H,11-12,14,19,22-23,35-36H2,1-4H3/i14D2,19D2,22D2,23D2. The molecule has 5 aromatic carbocycles. The van der Waals surface area contributed by atoms with Gasteiger partial charge >= 0.3 is 0 Å². The number of pyridine rings is 3. The Morgan fingerprint density at radius 1 is 0.540 bits per heavy atom. The third-order valence-corrected chi connectivity index (χ3v) is 12.4. The maximum absolute atomic E-state index is 9.71. The zero-order chi connectivity index (χ0) is 50.1. The molecule has 0 saturated carbocycles. The number of aromatic nitrogens is 3. The number of rotatable bonds is 12. The molecule has 0 N–H and O–H groups in total. The van der Waals surface area contributed by atoms with E-state index in [0.29, 0.717) is 51.6 Å². The van der Waals surface area contributed by atoms with E-state index in [1.807, 2.05) is 109 Å². The molecule has 1 aliphatic rings. The molecule has 0 amide bonds. The van der Waals surface area contributed by atoms with E-state index in [1.54, 1.807) is 30.3 Å². The van der Waals surface area contributed by atoms with Crippen molar-refractivity contribution in [1.82, 2.24) is 15.0 Å². The molecule has 312 valence electrons. The van der Waals surface area contributed by atoms with Gasteiger partial charge in [0, 0.05) is 57.0 Å². The highest BCUT2D eigenvalue weighted by Gasteiger charge is 2.26. The van der Waals surface area contributed by atoms with Crippen LogP contribution in [0.1, 0.15) is 96.0 Å². The first-order valence-electron chi connectivity index (χ1n) is 25.8. The molecule has 4 heterocycles. The van der Waals surface area contributed by atoms with Crippen LogP contribution in [0.4, 0.5) is 0 Å². The van der Waals surface area contributed by atoms with E-state index in [1.165, 1.54) is 6.20 Å². The van der Waals surface area contributed by atoms with E-state index in [4.69, 9.17) is 24.9 Å². The molecular formula is C59H55N3O. The highest BCUT2D eigenvalue weighted by Crippen LogP contribution is 2.40. The molecule has 0 unspecified atom stereocenters. The first kappa shape index (κ1) is 32.1. The normalized spacial score (nSPS) is 17.0. The van der Waals surface area contributed by atoms with E-state index in [0.717, 1.165) is 44.8 Å². The average molecular weight is 830 g/mol. The Hall–Kier alpha value is -6.65. The van der Waals surface area contributed by atoms with Gasteiger partial charge in [0.25, 0.3) is 0 Å². The lowest BCUT2D eigenvalue weighted by Gasteiger charge is -2.28. The summed E-state index contributed by atoms with van der Waals surface area (Å²) in [6.45, 7) is 8.62. The van der Waals surface area contributed by atoms with Gasteiger partial charge < -0.3 is 4.42 Å². The summed E-state index contributed by atoms with van der Waals surface area (Å²) in [4.78, 5) is 14.4. The minimum Gasteiger partial charge on any atom is -0.456 e. The molecule has 0 aliphatic heterocycles. The van der Waals surface area contributed by atoms with Gasteiger partial charge in [0.2, 0.25) is 0 Å². The highest BCUT2D eigenvalue weighted by atomic mass is 16.3. The third kappa shape index (κ3) is 8.47. The van der Waals surface area contributed by atoms with Crippen molar-refractivity contribution in [3.63, 3.8) is 0 Å². The third-order valence-electron chi connectivity index (χ3n) is 12.4. The summed E-state index contributed by atoms with van der Waals surface area (Å²) >= 11 is 0. The number of benzene rings is 5. The van der Waals surface area contributed by atoms with Crippen molar-refractivity contribution in [3.8, 4) is 33.8 Å². The second-order valence-electron chi connectivity index (χ2n) is 17.9. The molecule has 0 bridgehead atoms. The van der Waals surface area contributed by atoms with Crippen molar-refractivity contribution in [3.05, 3.63) is 209 Å². The quantitative estimate of drug-likeness (QED) is 0.123. The Bertz CT molecular complexity index is 3290. The van der Waals surface area contributed by atoms with E-state index >= 15 is 0 Å². The molecule has 0 fully saturated rings. The number of furan rings is 1. The van der Waals surface area contributed by atoms with E-state index in [2.05, 4.69) is 45.9 Å². The zero-order valence-corrected chi connectivity index (χ0v) is 36.2. The Morgan fingerprint density at radius 2 is 1.11 bits per heavy atom. The summed E-state index contributed by atoms with van der Waals surface area (Å²) in [6.07, 6.45) is -2.13. The Morgan fingerprint density at radius 3 is 1.70 bits per heavy atom. The Kier molecular flexibility index (Phi) is 8.61. The molecule has 9 aromatic rings. The Labute approximate surface area is 383 Å². The second-order valence-corrected chi connectivity index (χ2v) is 17.9. The molecular weight excluding hydrogens is 767 g/mol. The second kappa shape index (κ2) is 16.9. The van der Waals surface area contributed by atoms with Crippen LogP contribution in [0, 0.1) is 0 Å². The van der Waals surface area contributed by atoms with Gasteiger partial charge in [0.1, 0.15) is 11.2 Å². The van der Waals surface area contributed by atoms with Crippen molar-refractivity contribution < 1.29 is 15.4 Å². The van der Waals surface area contributed by atoms with Crippen LogP contribution in [-0.2, 0) is 49.2 Å². The molecule has 4 aromatic heterocycles. The largest absolute Gasteiger partial charge is 0.456 e. The number of hydrogen-bond donors (Lipinski definition) is 0. The molecule has 1 aliphatic carbocycles. The van der Waals surface area contributed by atoms with Crippen molar-refractivity contribution in [2.24, 2.45) is 0 Å². The molecule has 4 heteroatoms. The minimum atomic E-state index is -2.54. The molecule has 0 spiro atoms. The van der Waals surface area contributed by atoms with Crippen LogP contribution in [0.25, 0.3) is 55.7 Å². The molecule has 0 radical (unpaired) electrons. The van der Waals surface area contributed by atoms with Crippen molar-refractivity contribution in [1.29, 1.82) is 0 Å². The average Bonchev–Trinajstić information content (AvgIpc) is 3.75. The summed E-state index contributed by atoms with van der Waals surface area (Å²) in [6, 6.07) is 46.3. The first-order chi connectivity index (χ1) is 33.6. The summed E-state index contributed by atoms with van der Waals surface area (Å²) < 4.78 is 79.8. The number of fused-ring (bicyclic) bond motifs is 5. The molecule has 63 heavy (non-hydrogen) atoms. The fourth-order valence-corrected chi connectivity index (χ4v) is 8.99. The Balaban J connectivity index is 0.995. The van der Waals surface area contributed by atoms with E-state index in [-0.39, 0.29) is 29.5 Å². The molecule has 0 saturated heterocycles. The van der Waals surface area contributed by atoms with Gasteiger partial charge in [-0.3, -0.25) is 15.0 Å². The van der Waals surface area contributed by atoms with Gasteiger partial charge in [0.15, 0.2) is 0 Å². The summed E-state index contributed by atoms with van der Waals surface area (Å²) in [5.41, 5.74) is 9.60. The maximum Gasteiger partial charge on any atom is 0.138 e. The SMILES string of the molecule is [2H]C1([2H])CCC([2H])([2H])c2c1ccc1c2oc2cccc(-c3ccc(C([2H])([2H])C([2H])([2H])c4cc(CC(C)(C)c5ccc(-c6ccccc6)nc5)cc(CC(C)(C)c5ccc(-c6ccccc6)nc5)c4)cn3)c21. The van der Waals surface area contributed by atoms with Gasteiger partial charge in [0.05, 0.1) is 17.1 Å². The number of aryl methyl sites for hydroxylation is 4. The predicted octanol–water partition coefficient (Wildman–Crippen LogP) is 14.5. The van der Waals surface area contributed by atoms with Crippen LogP contribution in [0.5, 0.6) is 0 Å². The van der Waals surface area contributed by atoms with Gasteiger partial charge in [-0.05, 0) is 131 Å². The van der Waals surface area contributed by atoms with Gasteiger partial charge in [-0.25, -0.2) is 0 Å². The van der Waals surface area contributed by atoms with Gasteiger partial charge in [-0.2, -0.15) is 0 Å². The topological polar surface area (TPSA) is 51.8 Å². The van der Waals surface area contributed by atoms with Crippen LogP contribution in [0.3, 0.4) is 0 Å². The number of hydrogen-bond acceptors (Lipinski definition) is 4. The summed E-state index contributed by atoms with van der Waals surface area (Å²) in [7, 11) is 0. The van der Waals surface area contributed by atoms with E-state index in [9.17, 15) is 5.48 Å². The van der Waals surface area contributed by atoms with Crippen molar-refractivity contribution >= 4 is 21.9 Å². The first-order valence-corrected chi connectivity index (χ1v) is 21.8. The lowest BCUT2D eigenvalue weighted by molar-refractivity contribution is 0.512. The van der Waals surface area contributed by atoms with Crippen LogP contribution in [0.2, 0.25) is 0 Å². The molecule has 0 atom stereocenters. The van der Waals surface area contributed by atoms with E-state index < -0.39 is 36.3 Å².